The summed E-state index contributed by atoms with van der Waals surface area (Å²) < 4.78 is 2.06. The van der Waals surface area contributed by atoms with E-state index in [1.54, 1.807) is 6.07 Å². The number of nitrogens with zero attached hydrogens (tertiary/aromatic N) is 2. The number of aromatic nitrogens is 2. The number of aryl methyl sites for hydroxylation is 1. The summed E-state index contributed by atoms with van der Waals surface area (Å²) >= 11 is 12.0. The summed E-state index contributed by atoms with van der Waals surface area (Å²) in [6, 6.07) is 3.50. The van der Waals surface area contributed by atoms with Gasteiger partial charge in [-0.05, 0) is 26.0 Å². The lowest BCUT2D eigenvalue weighted by Gasteiger charge is -2.08. The highest BCUT2D eigenvalue weighted by molar-refractivity contribution is 6.42. The number of imidazole rings is 1. The van der Waals surface area contributed by atoms with Crippen LogP contribution >= 0.6 is 23.2 Å². The van der Waals surface area contributed by atoms with Crippen LogP contribution in [-0.4, -0.2) is 9.55 Å². The number of hydrogen-bond acceptors (Lipinski definition) is 2. The second kappa shape index (κ2) is 4.24. The first kappa shape index (κ1) is 11.7. The Hall–Kier alpha value is -0.770. The Kier molecular flexibility index (Phi) is 3.10. The molecule has 0 unspecified atom stereocenters. The van der Waals surface area contributed by atoms with Crippen LogP contribution in [0, 0.1) is 0 Å². The molecule has 2 aromatic rings. The number of benzene rings is 1. The van der Waals surface area contributed by atoms with Crippen molar-refractivity contribution in [3.8, 4) is 0 Å². The van der Waals surface area contributed by atoms with Crippen LogP contribution in [0.25, 0.3) is 11.0 Å². The Labute approximate surface area is 104 Å². The highest BCUT2D eigenvalue weighted by Gasteiger charge is 2.14. The van der Waals surface area contributed by atoms with Crippen molar-refractivity contribution in [2.75, 3.05) is 0 Å². The first-order valence-electron chi connectivity index (χ1n) is 5.15. The molecule has 86 valence electrons. The van der Waals surface area contributed by atoms with Gasteiger partial charge in [0.1, 0.15) is 5.82 Å². The minimum atomic E-state index is -0.107. The minimum absolute atomic E-state index is 0.107. The lowest BCUT2D eigenvalue weighted by Crippen LogP contribution is -2.12. The average Bonchev–Trinajstić information content (AvgIpc) is 2.57. The van der Waals surface area contributed by atoms with Gasteiger partial charge in [0.05, 0.1) is 27.1 Å². The monoisotopic (exact) mass is 257 g/mol. The van der Waals surface area contributed by atoms with Gasteiger partial charge in [0.15, 0.2) is 0 Å². The summed E-state index contributed by atoms with van der Waals surface area (Å²) in [4.78, 5) is 4.48. The molecular formula is C11H13Cl2N3. The zero-order valence-electron chi connectivity index (χ0n) is 9.17. The third kappa shape index (κ3) is 1.79. The van der Waals surface area contributed by atoms with E-state index < -0.39 is 0 Å². The van der Waals surface area contributed by atoms with E-state index >= 15 is 0 Å². The van der Waals surface area contributed by atoms with E-state index in [9.17, 15) is 0 Å². The van der Waals surface area contributed by atoms with E-state index in [1.807, 2.05) is 13.0 Å². The Morgan fingerprint density at radius 1 is 1.38 bits per heavy atom. The first-order valence-corrected chi connectivity index (χ1v) is 5.91. The molecule has 0 spiro atoms. The topological polar surface area (TPSA) is 43.8 Å². The van der Waals surface area contributed by atoms with E-state index in [-0.39, 0.29) is 6.04 Å². The minimum Gasteiger partial charge on any atom is -0.327 e. The Bertz CT molecular complexity index is 531. The zero-order valence-corrected chi connectivity index (χ0v) is 10.7. The van der Waals surface area contributed by atoms with Crippen LogP contribution in [0.4, 0.5) is 0 Å². The number of rotatable bonds is 2. The molecule has 0 saturated heterocycles. The maximum Gasteiger partial charge on any atom is 0.126 e. The molecule has 5 heteroatoms. The molecule has 3 nitrogen and oxygen atoms in total. The zero-order chi connectivity index (χ0) is 11.9. The maximum atomic E-state index is 6.00. The molecule has 0 aliphatic rings. The van der Waals surface area contributed by atoms with E-state index in [0.717, 1.165) is 23.4 Å². The van der Waals surface area contributed by atoms with Gasteiger partial charge in [0.2, 0.25) is 0 Å². The Morgan fingerprint density at radius 3 is 2.56 bits per heavy atom. The summed E-state index contributed by atoms with van der Waals surface area (Å²) in [6.45, 7) is 4.78. The molecule has 0 saturated carbocycles. The average molecular weight is 258 g/mol. The van der Waals surface area contributed by atoms with Gasteiger partial charge in [-0.15, -0.1) is 0 Å². The number of fused-ring (bicyclic) bond motifs is 1. The van der Waals surface area contributed by atoms with Crippen molar-refractivity contribution in [1.29, 1.82) is 0 Å². The number of nitrogens with two attached hydrogens (primary N) is 1. The van der Waals surface area contributed by atoms with Crippen LogP contribution in [0.1, 0.15) is 25.7 Å². The molecule has 0 radical (unpaired) electrons. The Balaban J connectivity index is 2.77. The second-order valence-corrected chi connectivity index (χ2v) is 4.57. The van der Waals surface area contributed by atoms with Crippen molar-refractivity contribution in [2.45, 2.75) is 26.4 Å². The largest absolute Gasteiger partial charge is 0.327 e. The third-order valence-electron chi connectivity index (χ3n) is 2.54. The van der Waals surface area contributed by atoms with E-state index in [2.05, 4.69) is 16.5 Å². The summed E-state index contributed by atoms with van der Waals surface area (Å²) in [5.41, 5.74) is 7.69. The van der Waals surface area contributed by atoms with Gasteiger partial charge in [-0.25, -0.2) is 4.98 Å². The summed E-state index contributed by atoms with van der Waals surface area (Å²) in [7, 11) is 0. The Morgan fingerprint density at radius 2 is 2.00 bits per heavy atom. The standard InChI is InChI=1S/C11H13Cl2N3/c1-3-16-10-5-8(13)7(12)4-9(10)15-11(16)6(2)14/h4-6H,3,14H2,1-2H3/t6-/m1/s1. The van der Waals surface area contributed by atoms with Crippen molar-refractivity contribution in [1.82, 2.24) is 9.55 Å². The summed E-state index contributed by atoms with van der Waals surface area (Å²) in [5.74, 6) is 0.857. The van der Waals surface area contributed by atoms with Crippen molar-refractivity contribution in [3.63, 3.8) is 0 Å². The number of halogens is 2. The van der Waals surface area contributed by atoms with E-state index in [0.29, 0.717) is 10.0 Å². The fourth-order valence-electron chi connectivity index (χ4n) is 1.82. The quantitative estimate of drug-likeness (QED) is 0.897. The van der Waals surface area contributed by atoms with Gasteiger partial charge in [0.25, 0.3) is 0 Å². The van der Waals surface area contributed by atoms with Gasteiger partial charge < -0.3 is 10.3 Å². The molecule has 0 aliphatic heterocycles. The van der Waals surface area contributed by atoms with Crippen molar-refractivity contribution < 1.29 is 0 Å². The SMILES string of the molecule is CCn1c([C@@H](C)N)nc2cc(Cl)c(Cl)cc21. The van der Waals surface area contributed by atoms with Crippen LogP contribution in [-0.2, 0) is 6.54 Å². The molecule has 0 bridgehead atoms. The predicted molar refractivity (Wildman–Crippen MR) is 68.0 cm³/mol. The molecule has 1 aromatic carbocycles. The molecule has 0 fully saturated rings. The van der Waals surface area contributed by atoms with Crippen molar-refractivity contribution >= 4 is 34.2 Å². The summed E-state index contributed by atoms with van der Waals surface area (Å²) in [6.07, 6.45) is 0. The molecule has 2 N–H and O–H groups in total. The highest BCUT2D eigenvalue weighted by Crippen LogP contribution is 2.29. The van der Waals surface area contributed by atoms with E-state index in [1.165, 1.54) is 0 Å². The fourth-order valence-corrected chi connectivity index (χ4v) is 2.13. The molecule has 1 aromatic heterocycles. The molecule has 16 heavy (non-hydrogen) atoms. The molecule has 1 atom stereocenters. The fraction of sp³-hybridized carbons (Fsp3) is 0.364. The molecule has 1 heterocycles. The van der Waals surface area contributed by atoms with Gasteiger partial charge in [0, 0.05) is 6.54 Å². The van der Waals surface area contributed by atoms with Crippen LogP contribution in [0.5, 0.6) is 0 Å². The number of hydrogen-bond donors (Lipinski definition) is 1. The van der Waals surface area contributed by atoms with Crippen LogP contribution < -0.4 is 5.73 Å². The summed E-state index contributed by atoms with van der Waals surface area (Å²) in [5, 5.41) is 1.06. The lowest BCUT2D eigenvalue weighted by molar-refractivity contribution is 0.650. The molecule has 0 amide bonds. The highest BCUT2D eigenvalue weighted by atomic mass is 35.5. The van der Waals surface area contributed by atoms with Crippen LogP contribution in [0.15, 0.2) is 12.1 Å². The normalized spacial score (nSPS) is 13.3. The van der Waals surface area contributed by atoms with Crippen molar-refractivity contribution in [2.24, 2.45) is 5.73 Å². The van der Waals surface area contributed by atoms with Gasteiger partial charge in [-0.1, -0.05) is 23.2 Å². The van der Waals surface area contributed by atoms with E-state index in [4.69, 9.17) is 28.9 Å². The smallest absolute Gasteiger partial charge is 0.126 e. The maximum absolute atomic E-state index is 6.00. The third-order valence-corrected chi connectivity index (χ3v) is 3.27. The lowest BCUT2D eigenvalue weighted by atomic mass is 10.3. The van der Waals surface area contributed by atoms with Crippen molar-refractivity contribution in [3.05, 3.63) is 28.0 Å². The van der Waals surface area contributed by atoms with Gasteiger partial charge in [-0.2, -0.15) is 0 Å². The molecular weight excluding hydrogens is 245 g/mol. The predicted octanol–water partition coefficient (Wildman–Crippen LogP) is 3.38. The molecule has 2 rings (SSSR count). The van der Waals surface area contributed by atoms with Gasteiger partial charge >= 0.3 is 0 Å². The first-order chi connectivity index (χ1) is 7.54. The van der Waals surface area contributed by atoms with Gasteiger partial charge in [-0.3, -0.25) is 0 Å². The van der Waals surface area contributed by atoms with Crippen LogP contribution in [0.2, 0.25) is 10.0 Å². The van der Waals surface area contributed by atoms with Crippen LogP contribution in [0.3, 0.4) is 0 Å². The second-order valence-electron chi connectivity index (χ2n) is 3.76. The molecule has 0 aliphatic carbocycles.